The van der Waals surface area contributed by atoms with Crippen LogP contribution in [0.3, 0.4) is 0 Å². The van der Waals surface area contributed by atoms with Crippen LogP contribution >= 0.6 is 0 Å². The maximum atomic E-state index is 13.8. The van der Waals surface area contributed by atoms with Gasteiger partial charge in [-0.2, -0.15) is 0 Å². The molecule has 2 aromatic heterocycles. The Morgan fingerprint density at radius 3 is 2.63 bits per heavy atom. The van der Waals surface area contributed by atoms with Gasteiger partial charge in [0.2, 0.25) is 5.82 Å². The zero-order valence-corrected chi connectivity index (χ0v) is 19.7. The number of rotatable bonds is 4. The number of aryl methyl sites for hydroxylation is 2. The van der Waals surface area contributed by atoms with E-state index in [0.717, 1.165) is 31.5 Å². The molecule has 4 heterocycles. The third-order valence-electron chi connectivity index (χ3n) is 7.87. The highest BCUT2D eigenvalue weighted by molar-refractivity contribution is 5.94. The summed E-state index contributed by atoms with van der Waals surface area (Å²) in [6, 6.07) is 13.6. The monoisotopic (exact) mass is 472 g/mol. The molecule has 1 aliphatic carbocycles. The number of benzene rings is 1. The minimum Gasteiger partial charge on any atom is -0.347 e. The zero-order chi connectivity index (χ0) is 24.2. The molecule has 180 valence electrons. The fourth-order valence-electron chi connectivity index (χ4n) is 5.78. The van der Waals surface area contributed by atoms with Gasteiger partial charge in [0.1, 0.15) is 11.4 Å². The molecule has 0 spiro atoms. The predicted octanol–water partition coefficient (Wildman–Crippen LogP) is 1.67. The molecule has 3 aromatic rings. The molecule has 0 bridgehead atoms. The topological polar surface area (TPSA) is 102 Å². The van der Waals surface area contributed by atoms with Crippen LogP contribution in [0.15, 0.2) is 53.5 Å². The van der Waals surface area contributed by atoms with Crippen molar-refractivity contribution in [2.24, 2.45) is 7.05 Å². The van der Waals surface area contributed by atoms with Gasteiger partial charge in [-0.25, -0.2) is 0 Å². The number of aromatic nitrogens is 4. The largest absolute Gasteiger partial charge is 0.347 e. The van der Waals surface area contributed by atoms with Crippen LogP contribution in [0.1, 0.15) is 58.0 Å². The molecule has 1 aromatic carbocycles. The predicted molar refractivity (Wildman–Crippen MR) is 128 cm³/mol. The second kappa shape index (κ2) is 8.18. The quantitative estimate of drug-likeness (QED) is 0.622. The van der Waals surface area contributed by atoms with Crippen molar-refractivity contribution in [2.75, 3.05) is 6.54 Å². The van der Waals surface area contributed by atoms with Crippen LogP contribution in [-0.2, 0) is 25.4 Å². The first kappa shape index (κ1) is 21.8. The summed E-state index contributed by atoms with van der Waals surface area (Å²) in [6.07, 6.45) is 5.84. The van der Waals surface area contributed by atoms with Crippen molar-refractivity contribution in [3.63, 3.8) is 0 Å². The third-order valence-corrected chi connectivity index (χ3v) is 7.87. The first-order valence-electron chi connectivity index (χ1n) is 12.2. The average molecular weight is 473 g/mol. The van der Waals surface area contributed by atoms with E-state index in [9.17, 15) is 14.4 Å². The van der Waals surface area contributed by atoms with Gasteiger partial charge in [-0.1, -0.05) is 30.3 Å². The molecule has 3 aliphatic rings. The third kappa shape index (κ3) is 3.57. The van der Waals surface area contributed by atoms with Gasteiger partial charge in [0.15, 0.2) is 0 Å². The lowest BCUT2D eigenvalue weighted by atomic mass is 9.71. The molecule has 9 heteroatoms. The number of nitrogens with zero attached hydrogens (tertiary/aromatic N) is 5. The van der Waals surface area contributed by atoms with Crippen LogP contribution in [0.25, 0.3) is 0 Å². The number of amides is 2. The van der Waals surface area contributed by atoms with Crippen LogP contribution in [0.2, 0.25) is 0 Å². The number of hydrogen-bond acceptors (Lipinski definition) is 5. The lowest BCUT2D eigenvalue weighted by Gasteiger charge is -2.37. The SMILES string of the molecule is Cn1cccc(C(=O)N2CC[C@]3(c4ccccc4)CCc4nnc(C(=O)NC5CC5)n4C[C@H]23)c1=O. The van der Waals surface area contributed by atoms with Crippen molar-refractivity contribution in [2.45, 2.75) is 56.1 Å². The van der Waals surface area contributed by atoms with E-state index in [1.54, 1.807) is 25.4 Å². The summed E-state index contributed by atoms with van der Waals surface area (Å²) in [5, 5.41) is 11.6. The number of hydrogen-bond donors (Lipinski definition) is 1. The lowest BCUT2D eigenvalue weighted by molar-refractivity contribution is 0.0685. The molecule has 2 atom stereocenters. The molecule has 2 amide bonds. The summed E-state index contributed by atoms with van der Waals surface area (Å²) in [7, 11) is 1.65. The van der Waals surface area contributed by atoms with Gasteiger partial charge in [-0.3, -0.25) is 14.4 Å². The molecule has 35 heavy (non-hydrogen) atoms. The van der Waals surface area contributed by atoms with Crippen LogP contribution in [0, 0.1) is 0 Å². The Labute approximate surface area is 202 Å². The van der Waals surface area contributed by atoms with E-state index >= 15 is 0 Å². The van der Waals surface area contributed by atoms with E-state index in [2.05, 4.69) is 27.6 Å². The van der Waals surface area contributed by atoms with Crippen molar-refractivity contribution >= 4 is 11.8 Å². The van der Waals surface area contributed by atoms with Gasteiger partial charge >= 0.3 is 0 Å². The highest BCUT2D eigenvalue weighted by Gasteiger charge is 2.52. The number of likely N-dealkylation sites (tertiary alicyclic amines) is 1. The second-order valence-corrected chi connectivity index (χ2v) is 9.92. The number of pyridine rings is 1. The Bertz CT molecular complexity index is 1360. The van der Waals surface area contributed by atoms with E-state index in [0.29, 0.717) is 25.3 Å². The highest BCUT2D eigenvalue weighted by atomic mass is 16.2. The number of nitrogens with one attached hydrogen (secondary N) is 1. The van der Waals surface area contributed by atoms with E-state index in [1.807, 2.05) is 27.7 Å². The lowest BCUT2D eigenvalue weighted by Crippen LogP contribution is -2.48. The van der Waals surface area contributed by atoms with E-state index in [1.165, 1.54) is 10.1 Å². The Hall–Kier alpha value is -3.75. The van der Waals surface area contributed by atoms with Gasteiger partial charge < -0.3 is 19.4 Å². The van der Waals surface area contributed by atoms with Crippen molar-refractivity contribution in [3.8, 4) is 0 Å². The molecule has 2 aliphatic heterocycles. The Morgan fingerprint density at radius 2 is 1.86 bits per heavy atom. The Kier molecular flexibility index (Phi) is 5.09. The first-order valence-corrected chi connectivity index (χ1v) is 12.2. The summed E-state index contributed by atoms with van der Waals surface area (Å²) in [6.45, 7) is 0.945. The number of fused-ring (bicyclic) bond motifs is 2. The molecule has 0 radical (unpaired) electrons. The Morgan fingerprint density at radius 1 is 1.06 bits per heavy atom. The normalized spacial score (nSPS) is 23.3. The summed E-state index contributed by atoms with van der Waals surface area (Å²) >= 11 is 0. The Balaban J connectivity index is 1.43. The number of carbonyl (C=O) groups excluding carboxylic acids is 2. The minimum atomic E-state index is -0.308. The van der Waals surface area contributed by atoms with Gasteiger partial charge in [-0.05, 0) is 43.4 Å². The summed E-state index contributed by atoms with van der Waals surface area (Å²) in [5.74, 6) is 0.574. The van der Waals surface area contributed by atoms with Crippen LogP contribution in [0.5, 0.6) is 0 Å². The standard InChI is InChI=1S/C26H28N6O3/c1-30-14-5-8-19(24(30)34)25(35)31-15-13-26(17-6-3-2-4-7-17)12-11-21-28-29-22(32(21)16-20(26)31)23(33)27-18-9-10-18/h2-8,14,18,20H,9-13,15-16H2,1H3,(H,27,33)/t20-,26-/m0/s1. The average Bonchev–Trinajstić information content (AvgIpc) is 3.52. The zero-order valence-electron chi connectivity index (χ0n) is 19.7. The molecular weight excluding hydrogens is 444 g/mol. The van der Waals surface area contributed by atoms with E-state index in [-0.39, 0.29) is 40.4 Å². The van der Waals surface area contributed by atoms with E-state index in [4.69, 9.17) is 0 Å². The first-order chi connectivity index (χ1) is 17.0. The van der Waals surface area contributed by atoms with Gasteiger partial charge in [-0.15, -0.1) is 10.2 Å². The van der Waals surface area contributed by atoms with Crippen molar-refractivity contribution < 1.29 is 9.59 Å². The fraction of sp³-hybridized carbons (Fsp3) is 0.423. The summed E-state index contributed by atoms with van der Waals surface area (Å²) in [5.41, 5.74) is 0.725. The molecule has 1 saturated carbocycles. The van der Waals surface area contributed by atoms with Gasteiger partial charge in [0.25, 0.3) is 17.4 Å². The summed E-state index contributed by atoms with van der Waals surface area (Å²) in [4.78, 5) is 41.3. The fourth-order valence-corrected chi connectivity index (χ4v) is 5.78. The maximum absolute atomic E-state index is 13.8. The molecule has 1 N–H and O–H groups in total. The molecule has 0 unspecified atom stereocenters. The molecule has 1 saturated heterocycles. The van der Waals surface area contributed by atoms with Crippen molar-refractivity contribution in [1.29, 1.82) is 0 Å². The van der Waals surface area contributed by atoms with Crippen molar-refractivity contribution in [3.05, 3.63) is 81.8 Å². The van der Waals surface area contributed by atoms with Crippen LogP contribution < -0.4 is 10.9 Å². The van der Waals surface area contributed by atoms with Crippen LogP contribution in [0.4, 0.5) is 0 Å². The second-order valence-electron chi connectivity index (χ2n) is 9.92. The maximum Gasteiger partial charge on any atom is 0.289 e. The molecule has 9 nitrogen and oxygen atoms in total. The van der Waals surface area contributed by atoms with E-state index < -0.39 is 0 Å². The minimum absolute atomic E-state index is 0.166. The molecular formula is C26H28N6O3. The number of carbonyl (C=O) groups is 2. The summed E-state index contributed by atoms with van der Waals surface area (Å²) < 4.78 is 3.32. The van der Waals surface area contributed by atoms with Gasteiger partial charge in [0.05, 0.1) is 6.04 Å². The molecule has 2 fully saturated rings. The highest BCUT2D eigenvalue weighted by Crippen LogP contribution is 2.46. The van der Waals surface area contributed by atoms with Crippen LogP contribution in [-0.4, -0.2) is 54.7 Å². The van der Waals surface area contributed by atoms with Gasteiger partial charge in [0, 0.05) is 44.2 Å². The molecule has 6 rings (SSSR count). The van der Waals surface area contributed by atoms with Crippen molar-refractivity contribution in [1.82, 2.24) is 29.5 Å². The smallest absolute Gasteiger partial charge is 0.289 e.